The quantitative estimate of drug-likeness (QED) is 0.348. The van der Waals surface area contributed by atoms with Crippen molar-refractivity contribution in [1.29, 1.82) is 0 Å². The Morgan fingerprint density at radius 2 is 1.50 bits per heavy atom. The Balaban J connectivity index is 0.000000223. The van der Waals surface area contributed by atoms with Crippen LogP contribution in [0.4, 0.5) is 0 Å². The lowest BCUT2D eigenvalue weighted by molar-refractivity contribution is 0.304. The second-order valence-corrected chi connectivity index (χ2v) is 7.70. The van der Waals surface area contributed by atoms with Crippen molar-refractivity contribution in [3.05, 3.63) is 97.1 Å². The van der Waals surface area contributed by atoms with Crippen LogP contribution in [0.3, 0.4) is 0 Å². The number of aromatic hydroxyl groups is 3. The minimum atomic E-state index is 0.172. The average Bonchev–Trinajstić information content (AvgIpc) is 2.84. The first-order chi connectivity index (χ1) is 15.6. The van der Waals surface area contributed by atoms with E-state index in [-0.39, 0.29) is 5.75 Å². The highest BCUT2D eigenvalue weighted by atomic mass is 28.2. The van der Waals surface area contributed by atoms with Gasteiger partial charge in [0, 0.05) is 6.61 Å². The maximum atomic E-state index is 9.25. The predicted molar refractivity (Wildman–Crippen MR) is 131 cm³/mol. The van der Waals surface area contributed by atoms with Crippen molar-refractivity contribution in [2.24, 2.45) is 0 Å². The van der Waals surface area contributed by atoms with Gasteiger partial charge in [-0.3, -0.25) is 0 Å². The highest BCUT2D eigenvalue weighted by Gasteiger charge is 2.00. The fourth-order valence-electron chi connectivity index (χ4n) is 2.39. The molecular weight excluding hydrogens is 420 g/mol. The zero-order valence-electron chi connectivity index (χ0n) is 18.5. The molecule has 4 rings (SSSR count). The summed E-state index contributed by atoms with van der Waals surface area (Å²) in [4.78, 5) is 0. The molecule has 1 fully saturated rings. The summed E-state index contributed by atoms with van der Waals surface area (Å²) in [5, 5.41) is 26.5. The van der Waals surface area contributed by atoms with Crippen LogP contribution in [0.25, 0.3) is 0 Å². The molecule has 0 saturated carbocycles. The summed E-state index contributed by atoms with van der Waals surface area (Å²) in [6.45, 7) is 4.64. The van der Waals surface area contributed by atoms with Gasteiger partial charge in [0.15, 0.2) is 11.5 Å². The zero-order valence-corrected chi connectivity index (χ0v) is 19.5. The Labute approximate surface area is 193 Å². The molecule has 0 unspecified atom stereocenters. The minimum Gasteiger partial charge on any atom is -0.508 e. The lowest BCUT2D eigenvalue weighted by atomic mass is 10.1. The van der Waals surface area contributed by atoms with Crippen LogP contribution >= 0.6 is 0 Å². The van der Waals surface area contributed by atoms with E-state index in [0.717, 1.165) is 28.4 Å². The lowest BCUT2D eigenvalue weighted by Gasteiger charge is -2.06. The molecule has 0 atom stereocenters. The number of phenols is 3. The van der Waals surface area contributed by atoms with Gasteiger partial charge in [-0.1, -0.05) is 55.0 Å². The van der Waals surface area contributed by atoms with Gasteiger partial charge in [0.05, 0.1) is 7.11 Å². The number of para-hydroxylation sites is 2. The predicted octanol–water partition coefficient (Wildman–Crippen LogP) is 5.75. The molecule has 32 heavy (non-hydrogen) atoms. The summed E-state index contributed by atoms with van der Waals surface area (Å²) in [5.41, 5.74) is 1.08. The Hall–Kier alpha value is -3.22. The van der Waals surface area contributed by atoms with Gasteiger partial charge in [0.1, 0.15) is 11.5 Å². The molecule has 3 aromatic carbocycles. The van der Waals surface area contributed by atoms with Crippen LogP contribution in [0.1, 0.15) is 18.4 Å². The lowest BCUT2D eigenvalue weighted by Crippen LogP contribution is -2.06. The Morgan fingerprint density at radius 1 is 0.906 bits per heavy atom. The average molecular weight is 453 g/mol. The summed E-state index contributed by atoms with van der Waals surface area (Å²) in [6, 6.07) is 24.0. The molecule has 170 valence electrons. The zero-order chi connectivity index (χ0) is 23.4. The van der Waals surface area contributed by atoms with Gasteiger partial charge in [0.25, 0.3) is 0 Å². The van der Waals surface area contributed by atoms with E-state index in [1.807, 2.05) is 24.3 Å². The third kappa shape index (κ3) is 13.2. The standard InChI is InChI=1S/C10H12O2.2C6H6O.C4H8OSi/c1-3-4-8-5-6-9(11)10(7-8)12-2;2*7-6-4-2-1-3-5-6;1-2-4-6-5-3-1/h3,5-7,11H,1,4H2,2H3;2*1-5,7H;1-4H2. The number of allylic oxidation sites excluding steroid dienone is 1. The first-order valence-corrected chi connectivity index (χ1v) is 11.5. The number of methoxy groups -OCH3 is 1. The topological polar surface area (TPSA) is 79.2 Å². The Bertz CT molecular complexity index is 804. The molecular formula is C26H32O5Si. The van der Waals surface area contributed by atoms with Crippen molar-refractivity contribution < 1.29 is 24.5 Å². The van der Waals surface area contributed by atoms with Gasteiger partial charge in [-0.15, -0.1) is 6.58 Å². The third-order valence-corrected chi connectivity index (χ3v) is 4.98. The summed E-state index contributed by atoms with van der Waals surface area (Å²) in [7, 11) is 2.34. The van der Waals surface area contributed by atoms with Crippen LogP contribution in [0.15, 0.2) is 91.5 Å². The van der Waals surface area contributed by atoms with E-state index in [2.05, 4.69) is 6.58 Å². The Kier molecular flexibility index (Phi) is 14.6. The molecule has 5 nitrogen and oxygen atoms in total. The van der Waals surface area contributed by atoms with Gasteiger partial charge in [0.2, 0.25) is 9.76 Å². The fourth-order valence-corrected chi connectivity index (χ4v) is 3.21. The maximum absolute atomic E-state index is 9.25. The monoisotopic (exact) mass is 452 g/mol. The van der Waals surface area contributed by atoms with E-state index in [1.54, 1.807) is 60.7 Å². The number of ether oxygens (including phenoxy) is 1. The van der Waals surface area contributed by atoms with E-state index >= 15 is 0 Å². The Morgan fingerprint density at radius 3 is 1.81 bits per heavy atom. The van der Waals surface area contributed by atoms with Crippen molar-refractivity contribution in [3.8, 4) is 23.0 Å². The summed E-state index contributed by atoms with van der Waals surface area (Å²) < 4.78 is 10.0. The van der Waals surface area contributed by atoms with Crippen LogP contribution in [-0.4, -0.2) is 38.8 Å². The van der Waals surface area contributed by atoms with Gasteiger partial charge in [-0.2, -0.15) is 0 Å². The largest absolute Gasteiger partial charge is 0.508 e. The van der Waals surface area contributed by atoms with E-state index < -0.39 is 0 Å². The summed E-state index contributed by atoms with van der Waals surface area (Å²) in [6.07, 6.45) is 5.27. The molecule has 3 N–H and O–H groups in total. The van der Waals surface area contributed by atoms with E-state index in [0.29, 0.717) is 17.2 Å². The third-order valence-electron chi connectivity index (χ3n) is 4.01. The molecule has 0 aromatic heterocycles. The molecule has 2 radical (unpaired) electrons. The van der Waals surface area contributed by atoms with Crippen molar-refractivity contribution in [2.45, 2.75) is 25.3 Å². The first-order valence-electron chi connectivity index (χ1n) is 10.4. The minimum absolute atomic E-state index is 0.172. The first kappa shape index (κ1) is 26.8. The van der Waals surface area contributed by atoms with Gasteiger partial charge >= 0.3 is 0 Å². The van der Waals surface area contributed by atoms with Crippen molar-refractivity contribution >= 4 is 9.76 Å². The number of phenolic OH excluding ortho intramolecular Hbond substituents is 3. The van der Waals surface area contributed by atoms with Crippen LogP contribution in [0.2, 0.25) is 6.04 Å². The molecule has 0 amide bonds. The summed E-state index contributed by atoms with van der Waals surface area (Å²) in [5.74, 6) is 1.32. The number of benzene rings is 3. The molecule has 1 aliphatic rings. The highest BCUT2D eigenvalue weighted by Crippen LogP contribution is 2.26. The molecule has 1 saturated heterocycles. The van der Waals surface area contributed by atoms with Gasteiger partial charge in [-0.25, -0.2) is 0 Å². The molecule has 6 heteroatoms. The van der Waals surface area contributed by atoms with E-state index in [4.69, 9.17) is 19.4 Å². The molecule has 1 heterocycles. The van der Waals surface area contributed by atoms with Gasteiger partial charge in [-0.05, 0) is 60.8 Å². The fraction of sp³-hybridized carbons (Fsp3) is 0.231. The van der Waals surface area contributed by atoms with Crippen molar-refractivity contribution in [2.75, 3.05) is 13.7 Å². The van der Waals surface area contributed by atoms with E-state index in [9.17, 15) is 5.11 Å². The van der Waals surface area contributed by atoms with Crippen LogP contribution in [-0.2, 0) is 10.8 Å². The summed E-state index contributed by atoms with van der Waals surface area (Å²) >= 11 is 0. The number of hydrogen-bond acceptors (Lipinski definition) is 5. The van der Waals surface area contributed by atoms with Crippen LogP contribution in [0.5, 0.6) is 23.0 Å². The number of rotatable bonds is 3. The van der Waals surface area contributed by atoms with E-state index in [1.165, 1.54) is 26.0 Å². The van der Waals surface area contributed by atoms with Gasteiger partial charge < -0.3 is 24.5 Å². The molecule has 3 aromatic rings. The van der Waals surface area contributed by atoms with Crippen LogP contribution < -0.4 is 4.74 Å². The smallest absolute Gasteiger partial charge is 0.229 e. The second kappa shape index (κ2) is 17.5. The maximum Gasteiger partial charge on any atom is 0.229 e. The SMILES string of the molecule is C1CC[Si]OC1.C=CCc1ccc(O)c(OC)c1.Oc1ccccc1.Oc1ccccc1. The normalized spacial score (nSPS) is 11.8. The molecule has 1 aliphatic heterocycles. The number of hydrogen-bond donors (Lipinski definition) is 3. The van der Waals surface area contributed by atoms with Crippen molar-refractivity contribution in [1.82, 2.24) is 0 Å². The van der Waals surface area contributed by atoms with Crippen molar-refractivity contribution in [3.63, 3.8) is 0 Å². The molecule has 0 bridgehead atoms. The second-order valence-electron chi connectivity index (χ2n) is 6.62. The van der Waals surface area contributed by atoms with Crippen LogP contribution in [0, 0.1) is 0 Å². The molecule has 0 aliphatic carbocycles. The molecule has 0 spiro atoms. The highest BCUT2D eigenvalue weighted by molar-refractivity contribution is 6.27.